The Morgan fingerprint density at radius 1 is 1.18 bits per heavy atom. The highest BCUT2D eigenvalue weighted by Crippen LogP contribution is 2.33. The second-order valence-corrected chi connectivity index (χ2v) is 6.92. The molecular weight excluding hydrogens is 459 g/mol. The number of alkyl halides is 3. The van der Waals surface area contributed by atoms with E-state index in [0.717, 1.165) is 12.1 Å². The molecule has 3 aromatic heterocycles. The van der Waals surface area contributed by atoms with E-state index in [1.54, 1.807) is 12.1 Å². The van der Waals surface area contributed by atoms with Crippen molar-refractivity contribution in [3.8, 4) is 11.3 Å². The van der Waals surface area contributed by atoms with Crippen LogP contribution >= 0.6 is 0 Å². The van der Waals surface area contributed by atoms with E-state index in [4.69, 9.17) is 19.7 Å². The van der Waals surface area contributed by atoms with Crippen LogP contribution in [0.25, 0.3) is 11.3 Å². The lowest BCUT2D eigenvalue weighted by atomic mass is 10.1. The molecule has 0 saturated carbocycles. The van der Waals surface area contributed by atoms with Gasteiger partial charge in [0.2, 0.25) is 0 Å². The SMILES string of the molecule is CC(=O)c1ccc(Cn2ncc(N)n2)o1.Cc1nc(C(=O)O)c(-c2cccc(C(F)(F)F)c2)o1. The van der Waals surface area contributed by atoms with E-state index < -0.39 is 23.4 Å². The molecule has 0 unspecified atom stereocenters. The molecule has 0 atom stereocenters. The number of Topliss-reactive ketones (excluding diaryl/α,β-unsaturated/α-hetero) is 1. The monoisotopic (exact) mass is 477 g/mol. The fraction of sp³-hybridized carbons (Fsp3) is 0.190. The molecule has 10 nitrogen and oxygen atoms in total. The molecule has 0 aliphatic rings. The van der Waals surface area contributed by atoms with Crippen LogP contribution in [0.2, 0.25) is 0 Å². The first-order valence-corrected chi connectivity index (χ1v) is 9.57. The third-order valence-corrected chi connectivity index (χ3v) is 4.25. The number of aromatic carboxylic acids is 1. The number of carboxylic acid groups (broad SMARTS) is 1. The van der Waals surface area contributed by atoms with Crippen molar-refractivity contribution in [1.82, 2.24) is 20.0 Å². The van der Waals surface area contributed by atoms with Crippen LogP contribution in [0.3, 0.4) is 0 Å². The van der Waals surface area contributed by atoms with Gasteiger partial charge in [0.15, 0.2) is 34.7 Å². The van der Waals surface area contributed by atoms with Crippen LogP contribution in [0.1, 0.15) is 45.2 Å². The number of furan rings is 1. The van der Waals surface area contributed by atoms with Gasteiger partial charge in [-0.3, -0.25) is 4.79 Å². The summed E-state index contributed by atoms with van der Waals surface area (Å²) in [6, 6.07) is 7.59. The Labute approximate surface area is 189 Å². The van der Waals surface area contributed by atoms with Crippen LogP contribution in [0.5, 0.6) is 0 Å². The smallest absolute Gasteiger partial charge is 0.416 e. The molecule has 178 valence electrons. The summed E-state index contributed by atoms with van der Waals surface area (Å²) in [7, 11) is 0. The molecule has 0 saturated heterocycles. The fourth-order valence-electron chi connectivity index (χ4n) is 2.78. The molecule has 3 N–H and O–H groups in total. The third-order valence-electron chi connectivity index (χ3n) is 4.25. The first-order valence-electron chi connectivity index (χ1n) is 9.57. The highest BCUT2D eigenvalue weighted by Gasteiger charge is 2.31. The number of nitrogens with zero attached hydrogens (tertiary/aromatic N) is 4. The molecule has 13 heteroatoms. The number of carbonyl (C=O) groups is 2. The summed E-state index contributed by atoms with van der Waals surface area (Å²) in [5.74, 6) is -0.256. The molecule has 0 aliphatic carbocycles. The van der Waals surface area contributed by atoms with Gasteiger partial charge in [-0.1, -0.05) is 12.1 Å². The van der Waals surface area contributed by atoms with E-state index in [0.29, 0.717) is 23.9 Å². The van der Waals surface area contributed by atoms with Crippen LogP contribution in [0.15, 0.2) is 51.4 Å². The van der Waals surface area contributed by atoms with Crippen molar-refractivity contribution in [1.29, 1.82) is 0 Å². The van der Waals surface area contributed by atoms with Crippen LogP contribution in [-0.2, 0) is 12.7 Å². The summed E-state index contributed by atoms with van der Waals surface area (Å²) in [4.78, 5) is 26.9. The van der Waals surface area contributed by atoms with E-state index in [2.05, 4.69) is 15.2 Å². The van der Waals surface area contributed by atoms with Gasteiger partial charge < -0.3 is 19.7 Å². The second kappa shape index (κ2) is 9.60. The van der Waals surface area contributed by atoms with E-state index in [1.807, 2.05) is 0 Å². The van der Waals surface area contributed by atoms with Crippen molar-refractivity contribution >= 4 is 17.6 Å². The summed E-state index contributed by atoms with van der Waals surface area (Å²) in [5.41, 5.74) is 4.14. The summed E-state index contributed by atoms with van der Waals surface area (Å²) >= 11 is 0. The first-order chi connectivity index (χ1) is 15.9. The fourth-order valence-corrected chi connectivity index (χ4v) is 2.78. The number of carboxylic acids is 1. The maximum atomic E-state index is 12.6. The number of rotatable bonds is 5. The Morgan fingerprint density at radius 3 is 2.47 bits per heavy atom. The number of oxazole rings is 1. The topological polar surface area (TPSA) is 150 Å². The maximum Gasteiger partial charge on any atom is 0.416 e. The zero-order valence-electron chi connectivity index (χ0n) is 17.8. The largest absolute Gasteiger partial charge is 0.476 e. The summed E-state index contributed by atoms with van der Waals surface area (Å²) < 4.78 is 48.1. The number of hydrogen-bond acceptors (Lipinski definition) is 8. The Balaban J connectivity index is 0.000000196. The molecule has 4 rings (SSSR count). The number of nitrogen functional groups attached to an aromatic ring is 1. The van der Waals surface area contributed by atoms with Gasteiger partial charge in [0.1, 0.15) is 12.3 Å². The standard InChI is InChI=1S/C12H8F3NO3.C9H10N4O2/c1-6-16-9(11(17)18)10(19-6)7-3-2-4-8(5-7)12(13,14)15;1-6(14)8-3-2-7(15-8)5-13-11-4-9(10)12-13/h2-5H,1H3,(H,17,18);2-4H,5H2,1H3,(H2,10,12). The second-order valence-electron chi connectivity index (χ2n) is 6.92. The number of benzene rings is 1. The minimum Gasteiger partial charge on any atom is -0.476 e. The molecule has 0 spiro atoms. The Morgan fingerprint density at radius 2 is 1.91 bits per heavy atom. The number of carbonyl (C=O) groups excluding carboxylic acids is 1. The highest BCUT2D eigenvalue weighted by atomic mass is 19.4. The Bertz CT molecular complexity index is 1320. The molecule has 0 radical (unpaired) electrons. The Kier molecular flexibility index (Phi) is 6.84. The minimum atomic E-state index is -4.51. The summed E-state index contributed by atoms with van der Waals surface area (Å²) in [5, 5.41) is 16.7. The number of aryl methyl sites for hydroxylation is 1. The van der Waals surface area contributed by atoms with Gasteiger partial charge in [-0.25, -0.2) is 9.78 Å². The van der Waals surface area contributed by atoms with E-state index >= 15 is 0 Å². The predicted octanol–water partition coefficient (Wildman–Crippen LogP) is 4.07. The molecule has 4 aromatic rings. The summed E-state index contributed by atoms with van der Waals surface area (Å²) in [6.45, 7) is 3.24. The van der Waals surface area contributed by atoms with Crippen LogP contribution < -0.4 is 5.73 Å². The maximum absolute atomic E-state index is 12.6. The highest BCUT2D eigenvalue weighted by molar-refractivity contribution is 5.92. The molecule has 0 aliphatic heterocycles. The lowest BCUT2D eigenvalue weighted by molar-refractivity contribution is -0.137. The molecule has 34 heavy (non-hydrogen) atoms. The van der Waals surface area contributed by atoms with Crippen LogP contribution in [0, 0.1) is 6.92 Å². The first kappa shape index (κ1) is 24.2. The van der Waals surface area contributed by atoms with Gasteiger partial charge in [0.05, 0.1) is 11.8 Å². The van der Waals surface area contributed by atoms with Gasteiger partial charge in [0.25, 0.3) is 0 Å². The average molecular weight is 477 g/mol. The summed E-state index contributed by atoms with van der Waals surface area (Å²) in [6.07, 6.45) is -3.05. The number of nitrogens with two attached hydrogens (primary N) is 1. The third kappa shape index (κ3) is 5.88. The zero-order chi connectivity index (χ0) is 25.0. The molecule has 0 amide bonds. The van der Waals surface area contributed by atoms with E-state index in [1.165, 1.54) is 37.0 Å². The van der Waals surface area contributed by atoms with E-state index in [-0.39, 0.29) is 23.0 Å². The number of halogens is 3. The van der Waals surface area contributed by atoms with Crippen molar-refractivity contribution in [3.05, 3.63) is 71.3 Å². The molecule has 3 heterocycles. The van der Waals surface area contributed by atoms with Gasteiger partial charge >= 0.3 is 12.1 Å². The van der Waals surface area contributed by atoms with Crippen LogP contribution in [-0.4, -0.2) is 36.8 Å². The van der Waals surface area contributed by atoms with Crippen LogP contribution in [0.4, 0.5) is 19.0 Å². The molecule has 0 bridgehead atoms. The zero-order valence-corrected chi connectivity index (χ0v) is 17.8. The van der Waals surface area contributed by atoms with Gasteiger partial charge in [-0.05, 0) is 24.3 Å². The number of aromatic nitrogens is 4. The normalized spacial score (nSPS) is 11.1. The van der Waals surface area contributed by atoms with E-state index in [9.17, 15) is 22.8 Å². The van der Waals surface area contributed by atoms with Crippen molar-refractivity contribution in [3.63, 3.8) is 0 Å². The predicted molar refractivity (Wildman–Crippen MR) is 111 cm³/mol. The Hall–Kier alpha value is -4.42. The lowest BCUT2D eigenvalue weighted by Gasteiger charge is -2.07. The minimum absolute atomic E-state index is 0.0211. The van der Waals surface area contributed by atoms with Crippen molar-refractivity contribution in [2.45, 2.75) is 26.6 Å². The molecular formula is C21H18F3N5O5. The quantitative estimate of drug-likeness (QED) is 0.405. The van der Waals surface area contributed by atoms with Crippen molar-refractivity contribution < 1.29 is 36.7 Å². The average Bonchev–Trinajstić information content (AvgIpc) is 3.48. The van der Waals surface area contributed by atoms with Crippen molar-refractivity contribution in [2.24, 2.45) is 0 Å². The number of hydrogen-bond donors (Lipinski definition) is 2. The number of anilines is 1. The molecule has 1 aromatic carbocycles. The van der Waals surface area contributed by atoms with Gasteiger partial charge in [-0.2, -0.15) is 23.1 Å². The molecule has 0 fully saturated rings. The van der Waals surface area contributed by atoms with Gasteiger partial charge in [0, 0.05) is 19.4 Å². The van der Waals surface area contributed by atoms with Crippen molar-refractivity contribution in [2.75, 3.05) is 5.73 Å². The lowest BCUT2D eigenvalue weighted by Crippen LogP contribution is -2.05. The number of ketones is 1. The van der Waals surface area contributed by atoms with Gasteiger partial charge in [-0.15, -0.1) is 5.10 Å².